The Hall–Kier alpha value is -2.14. The number of nitrogens with one attached hydrogen (secondary N) is 2. The molecule has 3 aromatic rings. The van der Waals surface area contributed by atoms with Gasteiger partial charge < -0.3 is 15.1 Å². The van der Waals surface area contributed by atoms with Gasteiger partial charge in [0, 0.05) is 30.8 Å². The first-order valence-electron chi connectivity index (χ1n) is 9.13. The van der Waals surface area contributed by atoms with E-state index in [1.165, 1.54) is 18.2 Å². The van der Waals surface area contributed by atoms with E-state index in [9.17, 15) is 12.8 Å². The van der Waals surface area contributed by atoms with Crippen molar-refractivity contribution in [2.45, 2.75) is 25.8 Å². The summed E-state index contributed by atoms with van der Waals surface area (Å²) in [6.45, 7) is 2.67. The monoisotopic (exact) mass is 545 g/mol. The molecule has 2 N–H and O–H groups in total. The SMILES string of the molecule is CN=C(NCc1cc(F)ccc1CS(C)(=O)=O)NCc1oc2ccccc2c1C.I. The molecule has 0 amide bonds. The molecule has 30 heavy (non-hydrogen) atoms. The summed E-state index contributed by atoms with van der Waals surface area (Å²) in [5.41, 5.74) is 3.02. The van der Waals surface area contributed by atoms with E-state index < -0.39 is 15.7 Å². The zero-order valence-corrected chi connectivity index (χ0v) is 20.2. The van der Waals surface area contributed by atoms with Crippen LogP contribution < -0.4 is 10.6 Å². The van der Waals surface area contributed by atoms with Crippen LogP contribution in [0.4, 0.5) is 4.39 Å². The van der Waals surface area contributed by atoms with E-state index in [1.807, 2.05) is 31.2 Å². The standard InChI is InChI=1S/C21H24FN3O3S.HI/c1-14-18-6-4-5-7-19(18)28-20(14)12-25-21(23-2)24-11-16-10-17(22)9-8-15(16)13-29(3,26)27;/h4-10H,11-13H2,1-3H3,(H2,23,24,25);1H. The number of fused-ring (bicyclic) bond motifs is 1. The highest BCUT2D eigenvalue weighted by atomic mass is 127. The summed E-state index contributed by atoms with van der Waals surface area (Å²) in [5, 5.41) is 7.34. The highest BCUT2D eigenvalue weighted by Gasteiger charge is 2.13. The molecule has 1 aromatic heterocycles. The van der Waals surface area contributed by atoms with Crippen molar-refractivity contribution < 1.29 is 17.2 Å². The van der Waals surface area contributed by atoms with Crippen molar-refractivity contribution in [2.75, 3.05) is 13.3 Å². The average molecular weight is 545 g/mol. The summed E-state index contributed by atoms with van der Waals surface area (Å²) in [4.78, 5) is 4.17. The number of furan rings is 1. The van der Waals surface area contributed by atoms with E-state index >= 15 is 0 Å². The second-order valence-electron chi connectivity index (χ2n) is 6.91. The number of hydrogen-bond donors (Lipinski definition) is 2. The second kappa shape index (κ2) is 10.3. The Morgan fingerprint density at radius 1 is 1.10 bits per heavy atom. The molecule has 0 fully saturated rings. The molecule has 0 saturated heterocycles. The summed E-state index contributed by atoms with van der Waals surface area (Å²) in [7, 11) is -1.60. The Morgan fingerprint density at radius 2 is 1.80 bits per heavy atom. The molecule has 9 heteroatoms. The Bertz CT molecular complexity index is 1160. The van der Waals surface area contributed by atoms with Gasteiger partial charge in [-0.05, 0) is 36.2 Å². The molecule has 2 aromatic carbocycles. The molecular formula is C21H25FIN3O3S. The molecule has 162 valence electrons. The molecule has 0 aliphatic rings. The van der Waals surface area contributed by atoms with Crippen LogP contribution in [0.25, 0.3) is 11.0 Å². The largest absolute Gasteiger partial charge is 0.459 e. The van der Waals surface area contributed by atoms with Crippen LogP contribution in [-0.2, 0) is 28.7 Å². The van der Waals surface area contributed by atoms with Gasteiger partial charge in [0.2, 0.25) is 0 Å². The van der Waals surface area contributed by atoms with Crippen LogP contribution in [0, 0.1) is 12.7 Å². The third-order valence-electron chi connectivity index (χ3n) is 4.61. The number of aryl methyl sites for hydroxylation is 1. The number of halogens is 2. The number of hydrogen-bond acceptors (Lipinski definition) is 4. The van der Waals surface area contributed by atoms with Gasteiger partial charge in [0.05, 0.1) is 12.3 Å². The fourth-order valence-corrected chi connectivity index (χ4v) is 3.99. The zero-order chi connectivity index (χ0) is 21.0. The van der Waals surface area contributed by atoms with Crippen LogP contribution in [0.15, 0.2) is 51.9 Å². The molecule has 1 heterocycles. The minimum atomic E-state index is -3.23. The van der Waals surface area contributed by atoms with Crippen molar-refractivity contribution in [3.05, 3.63) is 70.7 Å². The van der Waals surface area contributed by atoms with Gasteiger partial charge in [0.15, 0.2) is 15.8 Å². The maximum absolute atomic E-state index is 13.7. The first-order valence-corrected chi connectivity index (χ1v) is 11.2. The van der Waals surface area contributed by atoms with Crippen molar-refractivity contribution in [2.24, 2.45) is 4.99 Å². The highest BCUT2D eigenvalue weighted by Crippen LogP contribution is 2.24. The number of rotatable bonds is 6. The van der Waals surface area contributed by atoms with Crippen LogP contribution in [0.2, 0.25) is 0 Å². The summed E-state index contributed by atoms with van der Waals surface area (Å²) in [6.07, 6.45) is 1.16. The van der Waals surface area contributed by atoms with Gasteiger partial charge in [0.1, 0.15) is 17.2 Å². The smallest absolute Gasteiger partial charge is 0.191 e. The number of nitrogens with zero attached hydrogens (tertiary/aromatic N) is 1. The Morgan fingerprint density at radius 3 is 2.47 bits per heavy atom. The Balaban J connectivity index is 0.00000320. The minimum Gasteiger partial charge on any atom is -0.459 e. The van der Waals surface area contributed by atoms with Crippen LogP contribution in [0.5, 0.6) is 0 Å². The van der Waals surface area contributed by atoms with E-state index in [4.69, 9.17) is 4.42 Å². The molecule has 3 rings (SSSR count). The zero-order valence-electron chi connectivity index (χ0n) is 17.0. The van der Waals surface area contributed by atoms with Crippen LogP contribution in [0.1, 0.15) is 22.5 Å². The second-order valence-corrected chi connectivity index (χ2v) is 9.05. The fraction of sp³-hybridized carbons (Fsp3) is 0.286. The van der Waals surface area contributed by atoms with Crippen molar-refractivity contribution in [1.29, 1.82) is 0 Å². The van der Waals surface area contributed by atoms with E-state index in [-0.39, 0.29) is 36.3 Å². The molecule has 0 aliphatic carbocycles. The number of aliphatic imine (C=N–C) groups is 1. The average Bonchev–Trinajstić information content (AvgIpc) is 2.99. The van der Waals surface area contributed by atoms with Crippen molar-refractivity contribution in [3.8, 4) is 0 Å². The summed E-state index contributed by atoms with van der Waals surface area (Å²) < 4.78 is 42.8. The number of benzene rings is 2. The lowest BCUT2D eigenvalue weighted by Crippen LogP contribution is -2.36. The quantitative estimate of drug-likeness (QED) is 0.279. The summed E-state index contributed by atoms with van der Waals surface area (Å²) >= 11 is 0. The fourth-order valence-electron chi connectivity index (χ4n) is 3.14. The first-order chi connectivity index (χ1) is 13.8. The Kier molecular flexibility index (Phi) is 8.25. The molecule has 0 spiro atoms. The van der Waals surface area contributed by atoms with Crippen molar-refractivity contribution in [1.82, 2.24) is 10.6 Å². The molecule has 0 atom stereocenters. The molecular weight excluding hydrogens is 520 g/mol. The molecule has 6 nitrogen and oxygen atoms in total. The van der Waals surface area contributed by atoms with E-state index in [1.54, 1.807) is 7.05 Å². The van der Waals surface area contributed by atoms with Crippen LogP contribution in [0.3, 0.4) is 0 Å². The summed E-state index contributed by atoms with van der Waals surface area (Å²) in [5.74, 6) is 0.742. The number of guanidine groups is 1. The lowest BCUT2D eigenvalue weighted by atomic mass is 10.1. The van der Waals surface area contributed by atoms with Gasteiger partial charge in [-0.25, -0.2) is 12.8 Å². The molecule has 0 radical (unpaired) electrons. The minimum absolute atomic E-state index is 0. The van der Waals surface area contributed by atoms with E-state index in [2.05, 4.69) is 15.6 Å². The van der Waals surface area contributed by atoms with Crippen LogP contribution >= 0.6 is 24.0 Å². The lowest BCUT2D eigenvalue weighted by molar-refractivity contribution is 0.534. The maximum Gasteiger partial charge on any atom is 0.191 e. The first kappa shape index (κ1) is 24.1. The maximum atomic E-state index is 13.7. The molecule has 0 saturated carbocycles. The third-order valence-corrected chi connectivity index (χ3v) is 5.45. The van der Waals surface area contributed by atoms with E-state index in [0.29, 0.717) is 23.6 Å². The van der Waals surface area contributed by atoms with Gasteiger partial charge >= 0.3 is 0 Å². The van der Waals surface area contributed by atoms with Crippen molar-refractivity contribution >= 4 is 50.7 Å². The highest BCUT2D eigenvalue weighted by molar-refractivity contribution is 14.0. The van der Waals surface area contributed by atoms with Gasteiger partial charge in [-0.1, -0.05) is 24.3 Å². The molecule has 0 aliphatic heterocycles. The van der Waals surface area contributed by atoms with Gasteiger partial charge in [0.25, 0.3) is 0 Å². The molecule has 0 unspecified atom stereocenters. The number of para-hydroxylation sites is 1. The van der Waals surface area contributed by atoms with Crippen molar-refractivity contribution in [3.63, 3.8) is 0 Å². The van der Waals surface area contributed by atoms with Crippen LogP contribution in [-0.4, -0.2) is 27.7 Å². The third kappa shape index (κ3) is 6.18. The topological polar surface area (TPSA) is 83.7 Å². The predicted molar refractivity (Wildman–Crippen MR) is 128 cm³/mol. The van der Waals surface area contributed by atoms with Gasteiger partial charge in [-0.15, -0.1) is 24.0 Å². The van der Waals surface area contributed by atoms with E-state index in [0.717, 1.165) is 28.5 Å². The number of sulfone groups is 1. The lowest BCUT2D eigenvalue weighted by Gasteiger charge is -2.14. The molecule has 0 bridgehead atoms. The van der Waals surface area contributed by atoms with Gasteiger partial charge in [-0.3, -0.25) is 4.99 Å². The Labute approximate surface area is 192 Å². The predicted octanol–water partition coefficient (Wildman–Crippen LogP) is 3.91. The summed E-state index contributed by atoms with van der Waals surface area (Å²) in [6, 6.07) is 11.9. The normalized spacial score (nSPS) is 11.9. The van der Waals surface area contributed by atoms with Gasteiger partial charge in [-0.2, -0.15) is 0 Å².